The van der Waals surface area contributed by atoms with Crippen LogP contribution in [-0.2, 0) is 34.0 Å². The summed E-state index contributed by atoms with van der Waals surface area (Å²) in [7, 11) is -1.83. The molecule has 8 heteroatoms. The number of hydrogen-bond donors (Lipinski definition) is 0. The molecule has 2 heterocycles. The van der Waals surface area contributed by atoms with Gasteiger partial charge in [0.25, 0.3) is 0 Å². The van der Waals surface area contributed by atoms with Crippen molar-refractivity contribution in [2.75, 3.05) is 26.8 Å². The van der Waals surface area contributed by atoms with Crippen molar-refractivity contribution >= 4 is 10.0 Å². The van der Waals surface area contributed by atoms with Crippen LogP contribution in [0.5, 0.6) is 0 Å². The second kappa shape index (κ2) is 6.51. The van der Waals surface area contributed by atoms with E-state index in [1.807, 2.05) is 12.1 Å². The van der Waals surface area contributed by atoms with Crippen molar-refractivity contribution in [2.24, 2.45) is 0 Å². The van der Waals surface area contributed by atoms with Crippen LogP contribution in [0.1, 0.15) is 35.2 Å². The van der Waals surface area contributed by atoms with Gasteiger partial charge in [0.15, 0.2) is 5.82 Å². The fourth-order valence-electron chi connectivity index (χ4n) is 3.38. The first-order valence-corrected chi connectivity index (χ1v) is 9.95. The number of fused-ring (bicyclic) bond motifs is 1. The molecule has 2 aromatic rings. The van der Waals surface area contributed by atoms with E-state index >= 15 is 0 Å². The third-order valence-corrected chi connectivity index (χ3v) is 6.75. The summed E-state index contributed by atoms with van der Waals surface area (Å²) in [5.74, 6) is 1.07. The minimum absolute atomic E-state index is 0.0343. The van der Waals surface area contributed by atoms with E-state index in [1.165, 1.54) is 9.87 Å². The highest BCUT2D eigenvalue weighted by atomic mass is 32.2. The molecule has 1 saturated heterocycles. The molecule has 1 aliphatic heterocycles. The molecule has 0 amide bonds. The van der Waals surface area contributed by atoms with E-state index < -0.39 is 10.0 Å². The first-order valence-electron chi connectivity index (χ1n) is 8.51. The summed E-state index contributed by atoms with van der Waals surface area (Å²) in [6, 6.07) is 5.51. The number of hydrogen-bond acceptors (Lipinski definition) is 6. The molecule has 0 unspecified atom stereocenters. The number of nitrogens with zero attached hydrogens (tertiary/aromatic N) is 3. The molecular weight excluding hydrogens is 342 g/mol. The molecule has 1 aromatic heterocycles. The Morgan fingerprint density at radius 2 is 2.08 bits per heavy atom. The van der Waals surface area contributed by atoms with Gasteiger partial charge in [-0.05, 0) is 42.5 Å². The number of methoxy groups -OCH3 is 1. The standard InChI is InChI=1S/C17H21N3O4S/c1-23-8-7-16-18-17(24-19-16)14-10-20(11-14)25(21,22)15-6-5-12-3-2-4-13(12)9-15/h5-6,9,14H,2-4,7-8,10-11H2,1H3. The van der Waals surface area contributed by atoms with Gasteiger partial charge in [0.2, 0.25) is 15.9 Å². The van der Waals surface area contributed by atoms with Crippen LogP contribution in [0, 0.1) is 0 Å². The molecule has 1 fully saturated rings. The lowest BCUT2D eigenvalue weighted by Gasteiger charge is -2.35. The molecule has 4 rings (SSSR count). The van der Waals surface area contributed by atoms with Gasteiger partial charge >= 0.3 is 0 Å². The summed E-state index contributed by atoms with van der Waals surface area (Å²) in [5, 5.41) is 3.91. The van der Waals surface area contributed by atoms with Crippen molar-refractivity contribution in [3.8, 4) is 0 Å². The molecule has 0 N–H and O–H groups in total. The minimum atomic E-state index is -3.45. The Morgan fingerprint density at radius 1 is 1.28 bits per heavy atom. The van der Waals surface area contributed by atoms with E-state index in [4.69, 9.17) is 9.26 Å². The first kappa shape index (κ1) is 16.7. The van der Waals surface area contributed by atoms with Crippen LogP contribution in [-0.4, -0.2) is 49.7 Å². The van der Waals surface area contributed by atoms with Crippen molar-refractivity contribution in [3.63, 3.8) is 0 Å². The van der Waals surface area contributed by atoms with Crippen molar-refractivity contribution in [2.45, 2.75) is 36.5 Å². The highest BCUT2D eigenvalue weighted by molar-refractivity contribution is 7.89. The van der Waals surface area contributed by atoms with Crippen molar-refractivity contribution in [3.05, 3.63) is 41.0 Å². The van der Waals surface area contributed by atoms with E-state index in [1.54, 1.807) is 13.2 Å². The van der Waals surface area contributed by atoms with Gasteiger partial charge < -0.3 is 9.26 Å². The van der Waals surface area contributed by atoms with Gasteiger partial charge in [0, 0.05) is 26.6 Å². The lowest BCUT2D eigenvalue weighted by Crippen LogP contribution is -2.48. The average Bonchev–Trinajstić information content (AvgIpc) is 3.19. The summed E-state index contributed by atoms with van der Waals surface area (Å²) in [5.41, 5.74) is 2.44. The van der Waals surface area contributed by atoms with Crippen LogP contribution in [0.2, 0.25) is 0 Å². The Bertz CT molecular complexity index is 872. The summed E-state index contributed by atoms with van der Waals surface area (Å²) in [6.07, 6.45) is 3.70. The number of rotatable bonds is 6. The molecule has 1 aliphatic carbocycles. The SMILES string of the molecule is COCCc1noc(C2CN(S(=O)(=O)c3ccc4c(c3)CCC4)C2)n1. The summed E-state index contributed by atoms with van der Waals surface area (Å²) in [4.78, 5) is 4.71. The van der Waals surface area contributed by atoms with E-state index in [0.29, 0.717) is 42.7 Å². The van der Waals surface area contributed by atoms with Gasteiger partial charge in [-0.3, -0.25) is 0 Å². The number of sulfonamides is 1. The Hall–Kier alpha value is -1.77. The predicted octanol–water partition coefficient (Wildman–Crippen LogP) is 1.54. The molecule has 25 heavy (non-hydrogen) atoms. The summed E-state index contributed by atoms with van der Waals surface area (Å²) >= 11 is 0. The van der Waals surface area contributed by atoms with Crippen LogP contribution in [0.3, 0.4) is 0 Å². The Balaban J connectivity index is 1.43. The van der Waals surface area contributed by atoms with Gasteiger partial charge in [0.05, 0.1) is 17.4 Å². The maximum absolute atomic E-state index is 12.8. The minimum Gasteiger partial charge on any atom is -0.384 e. The zero-order valence-corrected chi connectivity index (χ0v) is 15.0. The van der Waals surface area contributed by atoms with Crippen molar-refractivity contribution in [1.29, 1.82) is 0 Å². The monoisotopic (exact) mass is 363 g/mol. The third-order valence-electron chi connectivity index (χ3n) is 4.92. The van der Waals surface area contributed by atoms with Gasteiger partial charge in [-0.25, -0.2) is 8.42 Å². The molecule has 0 saturated carbocycles. The molecular formula is C17H21N3O4S. The summed E-state index contributed by atoms with van der Waals surface area (Å²) in [6.45, 7) is 1.29. The molecule has 0 radical (unpaired) electrons. The second-order valence-electron chi connectivity index (χ2n) is 6.59. The predicted molar refractivity (Wildman–Crippen MR) is 89.8 cm³/mol. The van der Waals surface area contributed by atoms with E-state index in [2.05, 4.69) is 10.1 Å². The largest absolute Gasteiger partial charge is 0.384 e. The van der Waals surface area contributed by atoms with E-state index in [9.17, 15) is 8.42 Å². The number of aromatic nitrogens is 2. The number of aryl methyl sites for hydroxylation is 2. The quantitative estimate of drug-likeness (QED) is 0.774. The van der Waals surface area contributed by atoms with E-state index in [0.717, 1.165) is 24.8 Å². The zero-order chi connectivity index (χ0) is 17.4. The van der Waals surface area contributed by atoms with Gasteiger partial charge in [-0.2, -0.15) is 9.29 Å². The Labute approximate surface area is 147 Å². The smallest absolute Gasteiger partial charge is 0.243 e. The first-order chi connectivity index (χ1) is 12.1. The van der Waals surface area contributed by atoms with E-state index in [-0.39, 0.29) is 5.92 Å². The Kier molecular flexibility index (Phi) is 4.35. The fraction of sp³-hybridized carbons (Fsp3) is 0.529. The molecule has 7 nitrogen and oxygen atoms in total. The lowest BCUT2D eigenvalue weighted by atomic mass is 10.0. The molecule has 2 aliphatic rings. The summed E-state index contributed by atoms with van der Waals surface area (Å²) < 4.78 is 37.3. The maximum Gasteiger partial charge on any atom is 0.243 e. The second-order valence-corrected chi connectivity index (χ2v) is 8.53. The average molecular weight is 363 g/mol. The molecule has 0 atom stereocenters. The van der Waals surface area contributed by atoms with Gasteiger partial charge in [-0.1, -0.05) is 11.2 Å². The maximum atomic E-state index is 12.8. The lowest BCUT2D eigenvalue weighted by molar-refractivity contribution is 0.199. The van der Waals surface area contributed by atoms with Crippen molar-refractivity contribution < 1.29 is 17.7 Å². The third kappa shape index (κ3) is 3.09. The number of benzene rings is 1. The van der Waals surface area contributed by atoms with Crippen LogP contribution in [0.25, 0.3) is 0 Å². The normalized spacial score (nSPS) is 18.3. The van der Waals surface area contributed by atoms with Crippen molar-refractivity contribution in [1.82, 2.24) is 14.4 Å². The zero-order valence-electron chi connectivity index (χ0n) is 14.1. The van der Waals surface area contributed by atoms with Gasteiger partial charge in [-0.15, -0.1) is 0 Å². The molecule has 134 valence electrons. The fourth-order valence-corrected chi connectivity index (χ4v) is 4.96. The van der Waals surface area contributed by atoms with Crippen LogP contribution in [0.4, 0.5) is 0 Å². The highest BCUT2D eigenvalue weighted by Gasteiger charge is 2.40. The highest BCUT2D eigenvalue weighted by Crippen LogP contribution is 2.33. The molecule has 0 bridgehead atoms. The molecule has 0 spiro atoms. The molecule has 1 aromatic carbocycles. The van der Waals surface area contributed by atoms with Gasteiger partial charge in [0.1, 0.15) is 0 Å². The number of ether oxygens (including phenoxy) is 1. The van der Waals surface area contributed by atoms with Crippen LogP contribution < -0.4 is 0 Å². The topological polar surface area (TPSA) is 85.5 Å². The van der Waals surface area contributed by atoms with Crippen LogP contribution >= 0.6 is 0 Å². The van der Waals surface area contributed by atoms with Crippen LogP contribution in [0.15, 0.2) is 27.6 Å². The Morgan fingerprint density at radius 3 is 2.88 bits per heavy atom.